The molecule has 0 saturated heterocycles. The van der Waals surface area contributed by atoms with Crippen molar-refractivity contribution in [1.82, 2.24) is 0 Å². The van der Waals surface area contributed by atoms with Crippen LogP contribution >= 0.6 is 11.8 Å². The maximum absolute atomic E-state index is 3.63. The second-order valence-corrected chi connectivity index (χ2v) is 13.8. The molecule has 3 saturated carbocycles. The van der Waals surface area contributed by atoms with E-state index in [2.05, 4.69) is 40.5 Å². The highest BCUT2D eigenvalue weighted by molar-refractivity contribution is 7.98. The summed E-state index contributed by atoms with van der Waals surface area (Å²) in [6.07, 6.45) is 22.2. The Hall–Kier alpha value is -0.690. The van der Waals surface area contributed by atoms with Gasteiger partial charge in [0.2, 0.25) is 0 Å². The maximum Gasteiger partial charge on any atom is -0.00677 e. The van der Waals surface area contributed by atoms with Crippen molar-refractivity contribution >= 4 is 17.8 Å². The van der Waals surface area contributed by atoms with Crippen molar-refractivity contribution in [3.8, 4) is 0 Å². The first-order chi connectivity index (χ1) is 17.3. The monoisotopic (exact) mass is 512 g/mol. The number of rotatable bonds is 5. The van der Waals surface area contributed by atoms with Gasteiger partial charge < -0.3 is 0 Å². The van der Waals surface area contributed by atoms with Gasteiger partial charge in [0.25, 0.3) is 0 Å². The molecular formula is C35H60S. The summed E-state index contributed by atoms with van der Waals surface area (Å²) in [5, 5.41) is 0. The topological polar surface area (TPSA) is 0 Å². The van der Waals surface area contributed by atoms with E-state index >= 15 is 0 Å². The summed E-state index contributed by atoms with van der Waals surface area (Å²) in [7, 11) is 0. The Morgan fingerprint density at radius 2 is 1.56 bits per heavy atom. The van der Waals surface area contributed by atoms with Gasteiger partial charge in [-0.3, -0.25) is 0 Å². The van der Waals surface area contributed by atoms with Gasteiger partial charge in [-0.25, -0.2) is 0 Å². The fraction of sp³-hybridized carbons (Fsp3) is 0.771. The van der Waals surface area contributed by atoms with Crippen LogP contribution in [0.5, 0.6) is 0 Å². The molecule has 0 bridgehead atoms. The Labute approximate surface area is 230 Å². The maximum atomic E-state index is 3.63. The minimum atomic E-state index is 0.575. The van der Waals surface area contributed by atoms with E-state index in [1.807, 2.05) is 62.0 Å². The van der Waals surface area contributed by atoms with E-state index < -0.39 is 0 Å². The average Bonchev–Trinajstić information content (AvgIpc) is 3.25. The van der Waals surface area contributed by atoms with Crippen LogP contribution in [0.4, 0.5) is 0 Å². The molecule has 0 spiro atoms. The number of thioether (sulfide) groups is 1. The molecule has 1 aromatic carbocycles. The van der Waals surface area contributed by atoms with E-state index in [1.54, 1.807) is 12.8 Å². The number of fused-ring (bicyclic) bond motifs is 3. The zero-order chi connectivity index (χ0) is 26.6. The van der Waals surface area contributed by atoms with E-state index in [9.17, 15) is 0 Å². The molecule has 3 fully saturated rings. The quantitative estimate of drug-likeness (QED) is 0.378. The largest absolute Gasteiger partial charge is 0.165 e. The Kier molecular flexibility index (Phi) is 13.7. The first-order valence-electron chi connectivity index (χ1n) is 15.5. The van der Waals surface area contributed by atoms with E-state index in [4.69, 9.17) is 0 Å². The fourth-order valence-electron chi connectivity index (χ4n) is 8.41. The molecule has 0 aliphatic heterocycles. The van der Waals surface area contributed by atoms with Crippen LogP contribution in [-0.4, -0.2) is 12.0 Å². The summed E-state index contributed by atoms with van der Waals surface area (Å²) in [5.41, 5.74) is 2.40. The standard InChI is InChI=1S/C25H46S.C8H8.C2H6/c1-19(15-18-26-5)21-12-13-23-20-11-9-7-6-8-10-16-24(2,3)22(20)14-17-25(21,23)4;1-2-8-6-4-3-5-7-8;1-2/h19-23H,6-18H2,1-5H3;2-7H,1H2;1-2H3. The summed E-state index contributed by atoms with van der Waals surface area (Å²) in [5.74, 6) is 6.35. The van der Waals surface area contributed by atoms with Crippen molar-refractivity contribution in [1.29, 1.82) is 0 Å². The lowest BCUT2D eigenvalue weighted by molar-refractivity contribution is -0.0509. The summed E-state index contributed by atoms with van der Waals surface area (Å²) in [6, 6.07) is 10.0. The molecule has 36 heavy (non-hydrogen) atoms. The number of benzene rings is 1. The van der Waals surface area contributed by atoms with Crippen molar-refractivity contribution < 1.29 is 0 Å². The van der Waals surface area contributed by atoms with Crippen LogP contribution in [0, 0.1) is 40.4 Å². The lowest BCUT2D eigenvalue weighted by Crippen LogP contribution is -2.47. The lowest BCUT2D eigenvalue weighted by atomic mass is 9.51. The number of hydrogen-bond donors (Lipinski definition) is 0. The normalized spacial score (nSPS) is 32.3. The zero-order valence-corrected chi connectivity index (χ0v) is 26.0. The molecule has 0 heterocycles. The molecule has 206 valence electrons. The third kappa shape index (κ3) is 8.15. The van der Waals surface area contributed by atoms with Crippen LogP contribution in [-0.2, 0) is 0 Å². The van der Waals surface area contributed by atoms with Gasteiger partial charge >= 0.3 is 0 Å². The molecule has 6 unspecified atom stereocenters. The van der Waals surface area contributed by atoms with Crippen LogP contribution in [0.15, 0.2) is 36.9 Å². The van der Waals surface area contributed by atoms with Crippen molar-refractivity contribution in [2.75, 3.05) is 12.0 Å². The molecule has 4 rings (SSSR count). The molecule has 0 radical (unpaired) electrons. The van der Waals surface area contributed by atoms with E-state index in [-0.39, 0.29) is 0 Å². The summed E-state index contributed by atoms with van der Waals surface area (Å²) in [6.45, 7) is 18.2. The summed E-state index contributed by atoms with van der Waals surface area (Å²) < 4.78 is 0. The third-order valence-corrected chi connectivity index (χ3v) is 11.0. The van der Waals surface area contributed by atoms with Crippen molar-refractivity contribution in [3.63, 3.8) is 0 Å². The molecule has 0 aromatic heterocycles. The Morgan fingerprint density at radius 1 is 0.889 bits per heavy atom. The fourth-order valence-corrected chi connectivity index (χ4v) is 9.01. The van der Waals surface area contributed by atoms with Crippen LogP contribution in [0.25, 0.3) is 6.08 Å². The molecule has 1 aromatic rings. The van der Waals surface area contributed by atoms with Crippen molar-refractivity contribution in [2.45, 2.75) is 119 Å². The second-order valence-electron chi connectivity index (χ2n) is 12.8. The van der Waals surface area contributed by atoms with Gasteiger partial charge in [-0.2, -0.15) is 11.8 Å². The lowest BCUT2D eigenvalue weighted by Gasteiger charge is -2.54. The Morgan fingerprint density at radius 3 is 2.19 bits per heavy atom. The predicted molar refractivity (Wildman–Crippen MR) is 167 cm³/mol. The van der Waals surface area contributed by atoms with Crippen LogP contribution in [0.2, 0.25) is 0 Å². The molecule has 1 heteroatoms. The van der Waals surface area contributed by atoms with Crippen molar-refractivity contribution in [3.05, 3.63) is 42.5 Å². The van der Waals surface area contributed by atoms with Gasteiger partial charge in [0.15, 0.2) is 0 Å². The molecule has 6 atom stereocenters. The molecule has 0 nitrogen and oxygen atoms in total. The highest BCUT2D eigenvalue weighted by Gasteiger charge is 2.56. The first kappa shape index (κ1) is 31.5. The summed E-state index contributed by atoms with van der Waals surface area (Å²) in [4.78, 5) is 0. The van der Waals surface area contributed by atoms with E-state index in [1.165, 1.54) is 75.5 Å². The minimum Gasteiger partial charge on any atom is -0.165 e. The highest BCUT2D eigenvalue weighted by atomic mass is 32.2. The molecular weight excluding hydrogens is 452 g/mol. The SMILES string of the molecule is C=Cc1ccccc1.CC.CSCCC(C)C1CCC2C3CCCCCCCC(C)(C)C3CCC12C. The Bertz CT molecular complexity index is 721. The predicted octanol–water partition coefficient (Wildman–Crippen LogP) is 11.6. The van der Waals surface area contributed by atoms with Crippen LogP contribution < -0.4 is 0 Å². The average molecular weight is 513 g/mol. The van der Waals surface area contributed by atoms with Crippen LogP contribution in [0.1, 0.15) is 124 Å². The van der Waals surface area contributed by atoms with E-state index in [0.717, 1.165) is 29.6 Å². The molecule has 3 aliphatic rings. The smallest absolute Gasteiger partial charge is 0.00677 e. The van der Waals surface area contributed by atoms with Gasteiger partial charge in [0.05, 0.1) is 0 Å². The first-order valence-corrected chi connectivity index (χ1v) is 16.9. The zero-order valence-electron chi connectivity index (χ0n) is 25.2. The molecule has 0 N–H and O–H groups in total. The molecule has 0 amide bonds. The summed E-state index contributed by atoms with van der Waals surface area (Å²) >= 11 is 2.04. The molecule has 3 aliphatic carbocycles. The van der Waals surface area contributed by atoms with Gasteiger partial charge in [-0.15, -0.1) is 0 Å². The van der Waals surface area contributed by atoms with E-state index in [0.29, 0.717) is 10.8 Å². The number of hydrogen-bond acceptors (Lipinski definition) is 1. The van der Waals surface area contributed by atoms with Gasteiger partial charge in [-0.1, -0.05) is 117 Å². The highest BCUT2D eigenvalue weighted by Crippen LogP contribution is 2.64. The Balaban J connectivity index is 0.000000384. The second kappa shape index (κ2) is 15.7. The van der Waals surface area contributed by atoms with Gasteiger partial charge in [0, 0.05) is 0 Å². The minimum absolute atomic E-state index is 0.575. The third-order valence-electron chi connectivity index (χ3n) is 10.4. The van der Waals surface area contributed by atoms with Crippen LogP contribution in [0.3, 0.4) is 0 Å². The van der Waals surface area contributed by atoms with Gasteiger partial charge in [-0.05, 0) is 103 Å². The van der Waals surface area contributed by atoms with Gasteiger partial charge in [0.1, 0.15) is 0 Å². The van der Waals surface area contributed by atoms with Crippen molar-refractivity contribution in [2.24, 2.45) is 40.4 Å².